The maximum Gasteiger partial charge on any atom is 0.179 e. The lowest BCUT2D eigenvalue weighted by Gasteiger charge is -2.37. The van der Waals surface area contributed by atoms with E-state index in [9.17, 15) is 8.42 Å². The molecule has 0 bridgehead atoms. The van der Waals surface area contributed by atoms with Crippen LogP contribution in [-0.4, -0.2) is 45.3 Å². The highest BCUT2D eigenvalue weighted by Gasteiger charge is 2.26. The molecular formula is C12H19N3O2S. The number of aromatic nitrogens is 1. The van der Waals surface area contributed by atoms with Crippen molar-refractivity contribution in [3.8, 4) is 0 Å². The molecule has 0 saturated carbocycles. The molecule has 0 radical (unpaired) electrons. The van der Waals surface area contributed by atoms with Gasteiger partial charge in [0.2, 0.25) is 0 Å². The molecule has 6 heteroatoms. The summed E-state index contributed by atoms with van der Waals surface area (Å²) in [6, 6.07) is 3.60. The third-order valence-corrected chi connectivity index (χ3v) is 4.36. The Morgan fingerprint density at radius 2 is 2.33 bits per heavy atom. The highest BCUT2D eigenvalue weighted by atomic mass is 32.2. The summed E-state index contributed by atoms with van der Waals surface area (Å²) in [5.41, 5.74) is 0. The van der Waals surface area contributed by atoms with Crippen LogP contribution in [0.1, 0.15) is 13.3 Å². The Balaban J connectivity index is 2.43. The maximum atomic E-state index is 11.8. The van der Waals surface area contributed by atoms with Crippen molar-refractivity contribution in [1.29, 1.82) is 0 Å². The first-order chi connectivity index (χ1) is 8.54. The fourth-order valence-corrected chi connectivity index (χ4v) is 3.12. The van der Waals surface area contributed by atoms with E-state index in [0.717, 1.165) is 26.1 Å². The summed E-state index contributed by atoms with van der Waals surface area (Å²) in [7, 11) is -3.24. The summed E-state index contributed by atoms with van der Waals surface area (Å²) in [5, 5.41) is 3.32. The first kappa shape index (κ1) is 13.3. The molecule has 1 aromatic rings. The van der Waals surface area contributed by atoms with E-state index >= 15 is 0 Å². The zero-order valence-electron chi connectivity index (χ0n) is 10.8. The predicted octanol–water partition coefficient (Wildman–Crippen LogP) is 0.673. The molecule has 18 heavy (non-hydrogen) atoms. The standard InChI is InChI=1S/C12H19N3O2S/c1-3-10-9-13-7-8-15(10)12-11(18(2,16)17)5-4-6-14-12/h4-6,10,13H,3,7-9H2,1-2H3. The lowest BCUT2D eigenvalue weighted by Crippen LogP contribution is -2.51. The Morgan fingerprint density at radius 3 is 3.00 bits per heavy atom. The van der Waals surface area contributed by atoms with Crippen LogP contribution in [0.4, 0.5) is 5.82 Å². The van der Waals surface area contributed by atoms with Crippen LogP contribution in [-0.2, 0) is 9.84 Å². The smallest absolute Gasteiger partial charge is 0.179 e. The molecule has 2 rings (SSSR count). The van der Waals surface area contributed by atoms with Gasteiger partial charge in [-0.15, -0.1) is 0 Å². The Kier molecular flexibility index (Phi) is 3.87. The van der Waals surface area contributed by atoms with Gasteiger partial charge in [-0.1, -0.05) is 6.92 Å². The van der Waals surface area contributed by atoms with Gasteiger partial charge in [0.05, 0.1) is 0 Å². The second-order valence-electron chi connectivity index (χ2n) is 4.56. The molecule has 1 fully saturated rings. The van der Waals surface area contributed by atoms with Gasteiger partial charge in [-0.25, -0.2) is 13.4 Å². The van der Waals surface area contributed by atoms with Gasteiger partial charge >= 0.3 is 0 Å². The lowest BCUT2D eigenvalue weighted by atomic mass is 10.1. The number of hydrogen-bond donors (Lipinski definition) is 1. The quantitative estimate of drug-likeness (QED) is 0.874. The van der Waals surface area contributed by atoms with E-state index in [4.69, 9.17) is 0 Å². The Bertz CT molecular complexity index is 516. The molecule has 0 aromatic carbocycles. The molecule has 1 unspecified atom stereocenters. The molecule has 0 spiro atoms. The van der Waals surface area contributed by atoms with Crippen LogP contribution in [0.5, 0.6) is 0 Å². The van der Waals surface area contributed by atoms with Crippen LogP contribution in [0, 0.1) is 0 Å². The number of nitrogens with one attached hydrogen (secondary N) is 1. The van der Waals surface area contributed by atoms with Crippen molar-refractivity contribution in [3.05, 3.63) is 18.3 Å². The molecule has 1 aliphatic rings. The molecule has 1 saturated heterocycles. The van der Waals surface area contributed by atoms with E-state index in [2.05, 4.69) is 22.1 Å². The van der Waals surface area contributed by atoms with E-state index in [1.165, 1.54) is 6.26 Å². The number of nitrogens with zero attached hydrogens (tertiary/aromatic N) is 2. The van der Waals surface area contributed by atoms with Crippen molar-refractivity contribution in [2.75, 3.05) is 30.8 Å². The fourth-order valence-electron chi connectivity index (χ4n) is 2.29. The average molecular weight is 269 g/mol. The third-order valence-electron chi connectivity index (χ3n) is 3.24. The third kappa shape index (κ3) is 2.64. The zero-order valence-corrected chi connectivity index (χ0v) is 11.6. The van der Waals surface area contributed by atoms with Gasteiger partial charge in [-0.2, -0.15) is 0 Å². The molecule has 2 heterocycles. The summed E-state index contributed by atoms with van der Waals surface area (Å²) in [5.74, 6) is 0.591. The predicted molar refractivity (Wildman–Crippen MR) is 71.6 cm³/mol. The molecule has 100 valence electrons. The van der Waals surface area contributed by atoms with Gasteiger partial charge in [-0.05, 0) is 18.6 Å². The van der Waals surface area contributed by atoms with Crippen molar-refractivity contribution in [3.63, 3.8) is 0 Å². The minimum absolute atomic E-state index is 0.300. The Labute approximate surface area is 108 Å². The molecule has 1 atom stereocenters. The molecule has 0 aliphatic carbocycles. The minimum Gasteiger partial charge on any atom is -0.350 e. The zero-order chi connectivity index (χ0) is 13.2. The Morgan fingerprint density at radius 1 is 1.56 bits per heavy atom. The fraction of sp³-hybridized carbons (Fsp3) is 0.583. The average Bonchev–Trinajstić information content (AvgIpc) is 2.37. The first-order valence-electron chi connectivity index (χ1n) is 6.16. The Hall–Kier alpha value is -1.14. The van der Waals surface area contributed by atoms with Crippen LogP contribution < -0.4 is 10.2 Å². The van der Waals surface area contributed by atoms with E-state index in [-0.39, 0.29) is 0 Å². The number of sulfone groups is 1. The topological polar surface area (TPSA) is 62.3 Å². The number of pyridine rings is 1. The molecular weight excluding hydrogens is 250 g/mol. The molecule has 5 nitrogen and oxygen atoms in total. The maximum absolute atomic E-state index is 11.8. The summed E-state index contributed by atoms with van der Waals surface area (Å²) < 4.78 is 23.6. The SMILES string of the molecule is CCC1CNCCN1c1ncccc1S(C)(=O)=O. The van der Waals surface area contributed by atoms with E-state index in [0.29, 0.717) is 16.8 Å². The van der Waals surface area contributed by atoms with Crippen molar-refractivity contribution in [1.82, 2.24) is 10.3 Å². The second-order valence-corrected chi connectivity index (χ2v) is 6.54. The summed E-state index contributed by atoms with van der Waals surface area (Å²) in [6.45, 7) is 4.62. The van der Waals surface area contributed by atoms with Gasteiger partial charge in [0.1, 0.15) is 10.7 Å². The number of anilines is 1. The van der Waals surface area contributed by atoms with Crippen LogP contribution >= 0.6 is 0 Å². The summed E-state index contributed by atoms with van der Waals surface area (Å²) >= 11 is 0. The van der Waals surface area contributed by atoms with E-state index in [1.807, 2.05) is 0 Å². The monoisotopic (exact) mass is 269 g/mol. The van der Waals surface area contributed by atoms with Crippen LogP contribution in [0.3, 0.4) is 0 Å². The van der Waals surface area contributed by atoms with Gasteiger partial charge in [0.15, 0.2) is 9.84 Å². The van der Waals surface area contributed by atoms with E-state index in [1.54, 1.807) is 18.3 Å². The number of piperazine rings is 1. The molecule has 1 N–H and O–H groups in total. The second kappa shape index (κ2) is 5.24. The minimum atomic E-state index is -3.24. The van der Waals surface area contributed by atoms with Crippen molar-refractivity contribution in [2.24, 2.45) is 0 Å². The highest BCUT2D eigenvalue weighted by Crippen LogP contribution is 2.25. The summed E-state index contributed by atoms with van der Waals surface area (Å²) in [6.07, 6.45) is 3.85. The van der Waals surface area contributed by atoms with E-state index < -0.39 is 9.84 Å². The highest BCUT2D eigenvalue weighted by molar-refractivity contribution is 7.90. The molecule has 0 amide bonds. The molecule has 1 aliphatic heterocycles. The molecule has 1 aromatic heterocycles. The van der Waals surface area contributed by atoms with Crippen LogP contribution in [0.25, 0.3) is 0 Å². The summed E-state index contributed by atoms with van der Waals surface area (Å²) in [4.78, 5) is 6.71. The van der Waals surface area contributed by atoms with Crippen molar-refractivity contribution >= 4 is 15.7 Å². The first-order valence-corrected chi connectivity index (χ1v) is 8.05. The lowest BCUT2D eigenvalue weighted by molar-refractivity contribution is 0.460. The largest absolute Gasteiger partial charge is 0.350 e. The van der Waals surface area contributed by atoms with Crippen LogP contribution in [0.2, 0.25) is 0 Å². The van der Waals surface area contributed by atoms with Gasteiger partial charge in [-0.3, -0.25) is 0 Å². The van der Waals surface area contributed by atoms with Crippen molar-refractivity contribution in [2.45, 2.75) is 24.3 Å². The van der Waals surface area contributed by atoms with Gasteiger partial charge < -0.3 is 10.2 Å². The normalized spacial score (nSPS) is 21.0. The van der Waals surface area contributed by atoms with Crippen LogP contribution in [0.15, 0.2) is 23.2 Å². The number of rotatable bonds is 3. The number of hydrogen-bond acceptors (Lipinski definition) is 5. The van der Waals surface area contributed by atoms with Gasteiger partial charge in [0.25, 0.3) is 0 Å². The van der Waals surface area contributed by atoms with Crippen molar-refractivity contribution < 1.29 is 8.42 Å². The van der Waals surface area contributed by atoms with Gasteiger partial charge in [0, 0.05) is 38.1 Å².